The van der Waals surface area contributed by atoms with Crippen LogP contribution in [0.3, 0.4) is 0 Å². The van der Waals surface area contributed by atoms with E-state index in [2.05, 4.69) is 43.5 Å². The highest BCUT2D eigenvalue weighted by molar-refractivity contribution is 7.09. The van der Waals surface area contributed by atoms with E-state index >= 15 is 0 Å². The summed E-state index contributed by atoms with van der Waals surface area (Å²) < 4.78 is 0. The van der Waals surface area contributed by atoms with Crippen molar-refractivity contribution in [3.05, 3.63) is 40.2 Å². The van der Waals surface area contributed by atoms with Crippen molar-refractivity contribution in [3.63, 3.8) is 0 Å². The van der Waals surface area contributed by atoms with E-state index in [4.69, 9.17) is 10.7 Å². The van der Waals surface area contributed by atoms with Crippen LogP contribution in [0.1, 0.15) is 23.9 Å². The summed E-state index contributed by atoms with van der Waals surface area (Å²) in [5, 5.41) is 3.37. The van der Waals surface area contributed by atoms with Gasteiger partial charge in [0.25, 0.3) is 0 Å². The molecule has 1 unspecified atom stereocenters. The summed E-state index contributed by atoms with van der Waals surface area (Å²) in [7, 11) is 0. The van der Waals surface area contributed by atoms with Gasteiger partial charge in [0, 0.05) is 17.4 Å². The van der Waals surface area contributed by atoms with Crippen LogP contribution in [0.15, 0.2) is 29.6 Å². The smallest absolute Gasteiger partial charge is 0.0935 e. The Morgan fingerprint density at radius 3 is 2.94 bits per heavy atom. The van der Waals surface area contributed by atoms with E-state index in [9.17, 15) is 0 Å². The van der Waals surface area contributed by atoms with Gasteiger partial charge >= 0.3 is 0 Å². The zero-order valence-corrected chi connectivity index (χ0v) is 11.8. The van der Waals surface area contributed by atoms with Gasteiger partial charge in [-0.3, -0.25) is 0 Å². The largest absolute Gasteiger partial charge is 0.330 e. The fraction of sp³-hybridized carbons (Fsp3) is 0.400. The zero-order chi connectivity index (χ0) is 13.0. The maximum absolute atomic E-state index is 5.58. The Bertz CT molecular complexity index is 505. The Hall–Kier alpha value is -1.19. The molecule has 0 spiro atoms. The fourth-order valence-corrected chi connectivity index (χ4v) is 2.99. The van der Waals surface area contributed by atoms with Crippen molar-refractivity contribution in [2.75, 3.05) is 6.54 Å². The first-order valence-electron chi connectivity index (χ1n) is 6.40. The second-order valence-electron chi connectivity index (χ2n) is 4.88. The minimum absolute atomic E-state index is 0.617. The molecule has 1 atom stereocenters. The summed E-state index contributed by atoms with van der Waals surface area (Å²) in [6.07, 6.45) is 2.10. The molecule has 0 radical (unpaired) electrons. The van der Waals surface area contributed by atoms with Crippen LogP contribution < -0.4 is 5.73 Å². The lowest BCUT2D eigenvalue weighted by Gasteiger charge is -2.06. The summed E-state index contributed by atoms with van der Waals surface area (Å²) in [6.45, 7) is 5.11. The molecule has 3 heteroatoms. The van der Waals surface area contributed by atoms with Gasteiger partial charge in [-0.05, 0) is 31.9 Å². The van der Waals surface area contributed by atoms with Crippen LogP contribution in [0.2, 0.25) is 0 Å². The standard InChI is InChI=1S/C15H20N2S/c1-11-4-3-5-13(8-11)14-10-18-15(17-14)9-12(2)6-7-16/h3-5,8,10,12H,6-7,9,16H2,1-2H3. The molecule has 0 amide bonds. The van der Waals surface area contributed by atoms with Gasteiger partial charge in [0.15, 0.2) is 0 Å². The lowest BCUT2D eigenvalue weighted by Crippen LogP contribution is -2.07. The third kappa shape index (κ3) is 3.40. The van der Waals surface area contributed by atoms with Gasteiger partial charge in [-0.2, -0.15) is 0 Å². The lowest BCUT2D eigenvalue weighted by molar-refractivity contribution is 0.537. The van der Waals surface area contributed by atoms with Crippen molar-refractivity contribution in [1.82, 2.24) is 4.98 Å². The average molecular weight is 260 g/mol. The molecule has 18 heavy (non-hydrogen) atoms. The molecule has 0 aliphatic rings. The molecular weight excluding hydrogens is 240 g/mol. The van der Waals surface area contributed by atoms with Crippen molar-refractivity contribution >= 4 is 11.3 Å². The van der Waals surface area contributed by atoms with Crippen molar-refractivity contribution in [2.24, 2.45) is 11.7 Å². The number of aryl methyl sites for hydroxylation is 1. The maximum atomic E-state index is 5.58. The van der Waals surface area contributed by atoms with E-state index in [1.165, 1.54) is 16.1 Å². The van der Waals surface area contributed by atoms with Crippen molar-refractivity contribution in [2.45, 2.75) is 26.7 Å². The summed E-state index contributed by atoms with van der Waals surface area (Å²) >= 11 is 1.75. The molecule has 0 saturated carbocycles. The Labute approximate surface area is 113 Å². The van der Waals surface area contributed by atoms with E-state index in [1.54, 1.807) is 11.3 Å². The van der Waals surface area contributed by atoms with Gasteiger partial charge < -0.3 is 5.73 Å². The first-order valence-corrected chi connectivity index (χ1v) is 7.28. The molecule has 2 rings (SSSR count). The summed E-state index contributed by atoms with van der Waals surface area (Å²) in [4.78, 5) is 4.72. The topological polar surface area (TPSA) is 38.9 Å². The Morgan fingerprint density at radius 1 is 1.39 bits per heavy atom. The quantitative estimate of drug-likeness (QED) is 0.891. The molecule has 0 saturated heterocycles. The molecular formula is C15H20N2S. The number of hydrogen-bond acceptors (Lipinski definition) is 3. The molecule has 2 aromatic rings. The van der Waals surface area contributed by atoms with Gasteiger partial charge in [-0.15, -0.1) is 11.3 Å². The number of nitrogens with zero attached hydrogens (tertiary/aromatic N) is 1. The van der Waals surface area contributed by atoms with Crippen LogP contribution in [-0.4, -0.2) is 11.5 Å². The van der Waals surface area contributed by atoms with E-state index in [-0.39, 0.29) is 0 Å². The van der Waals surface area contributed by atoms with E-state index in [0.29, 0.717) is 5.92 Å². The monoisotopic (exact) mass is 260 g/mol. The zero-order valence-electron chi connectivity index (χ0n) is 11.0. The molecule has 2 nitrogen and oxygen atoms in total. The normalized spacial score (nSPS) is 12.6. The highest BCUT2D eigenvalue weighted by Gasteiger charge is 2.08. The van der Waals surface area contributed by atoms with E-state index in [0.717, 1.165) is 25.1 Å². The second kappa shape index (κ2) is 6.12. The van der Waals surface area contributed by atoms with Crippen molar-refractivity contribution < 1.29 is 0 Å². The molecule has 1 heterocycles. The molecule has 0 aliphatic carbocycles. The molecule has 0 fully saturated rings. The van der Waals surface area contributed by atoms with Crippen LogP contribution in [0, 0.1) is 12.8 Å². The van der Waals surface area contributed by atoms with Crippen LogP contribution in [0.4, 0.5) is 0 Å². The first-order chi connectivity index (χ1) is 8.69. The van der Waals surface area contributed by atoms with E-state index in [1.807, 2.05) is 0 Å². The van der Waals surface area contributed by atoms with Crippen molar-refractivity contribution in [3.8, 4) is 11.3 Å². The predicted molar refractivity (Wildman–Crippen MR) is 78.8 cm³/mol. The Morgan fingerprint density at radius 2 is 2.22 bits per heavy atom. The minimum atomic E-state index is 0.617. The number of aromatic nitrogens is 1. The molecule has 96 valence electrons. The SMILES string of the molecule is Cc1cccc(-c2csc(CC(C)CCN)n2)c1. The van der Waals surface area contributed by atoms with Crippen molar-refractivity contribution in [1.29, 1.82) is 0 Å². The Kier molecular flexibility index (Phi) is 4.50. The van der Waals surface area contributed by atoms with Gasteiger partial charge in [-0.1, -0.05) is 30.7 Å². The maximum Gasteiger partial charge on any atom is 0.0935 e. The first kappa shape index (κ1) is 13.2. The van der Waals surface area contributed by atoms with Crippen LogP contribution in [-0.2, 0) is 6.42 Å². The summed E-state index contributed by atoms with van der Waals surface area (Å²) in [5.74, 6) is 0.617. The summed E-state index contributed by atoms with van der Waals surface area (Å²) in [6, 6.07) is 8.50. The molecule has 2 N–H and O–H groups in total. The minimum Gasteiger partial charge on any atom is -0.330 e. The third-order valence-electron chi connectivity index (χ3n) is 3.05. The fourth-order valence-electron chi connectivity index (χ4n) is 2.03. The second-order valence-corrected chi connectivity index (χ2v) is 5.83. The van der Waals surface area contributed by atoms with Gasteiger partial charge in [0.2, 0.25) is 0 Å². The molecule has 1 aromatic heterocycles. The average Bonchev–Trinajstić information content (AvgIpc) is 2.78. The highest BCUT2D eigenvalue weighted by Crippen LogP contribution is 2.24. The number of benzene rings is 1. The van der Waals surface area contributed by atoms with E-state index < -0.39 is 0 Å². The van der Waals surface area contributed by atoms with Gasteiger partial charge in [0.05, 0.1) is 10.7 Å². The third-order valence-corrected chi connectivity index (χ3v) is 3.92. The number of hydrogen-bond donors (Lipinski definition) is 1. The Balaban J connectivity index is 2.10. The molecule has 1 aromatic carbocycles. The predicted octanol–water partition coefficient (Wildman–Crippen LogP) is 3.65. The van der Waals surface area contributed by atoms with Crippen LogP contribution in [0.5, 0.6) is 0 Å². The van der Waals surface area contributed by atoms with Crippen LogP contribution >= 0.6 is 11.3 Å². The highest BCUT2D eigenvalue weighted by atomic mass is 32.1. The lowest BCUT2D eigenvalue weighted by atomic mass is 10.0. The summed E-state index contributed by atoms with van der Waals surface area (Å²) in [5.41, 5.74) is 9.16. The number of thiazole rings is 1. The van der Waals surface area contributed by atoms with Gasteiger partial charge in [-0.25, -0.2) is 4.98 Å². The van der Waals surface area contributed by atoms with Gasteiger partial charge in [0.1, 0.15) is 0 Å². The molecule has 0 aliphatic heterocycles. The number of nitrogens with two attached hydrogens (primary N) is 1. The molecule has 0 bridgehead atoms. The van der Waals surface area contributed by atoms with Crippen LogP contribution in [0.25, 0.3) is 11.3 Å². The number of rotatable bonds is 5.